The molecule has 0 aliphatic carbocycles. The molecule has 2 rings (SSSR count). The summed E-state index contributed by atoms with van der Waals surface area (Å²) >= 11 is 8.40. The molecule has 0 saturated carbocycles. The van der Waals surface area contributed by atoms with Gasteiger partial charge in [-0.3, -0.25) is 4.90 Å². The predicted octanol–water partition coefficient (Wildman–Crippen LogP) is 3.15. The zero-order valence-corrected chi connectivity index (χ0v) is 10.2. The Morgan fingerprint density at radius 1 is 1.38 bits per heavy atom. The number of likely N-dealkylation sites (tertiary alicyclic amines) is 1. The summed E-state index contributed by atoms with van der Waals surface area (Å²) in [6, 6.07) is 6.27. The number of halogens is 2. The van der Waals surface area contributed by atoms with Crippen LogP contribution in [0.2, 0.25) is 5.02 Å². The highest BCUT2D eigenvalue weighted by atomic mass is 127. The fourth-order valence-corrected chi connectivity index (χ4v) is 2.35. The quantitative estimate of drug-likeness (QED) is 0.759. The molecule has 1 fully saturated rings. The molecule has 1 heterocycles. The van der Waals surface area contributed by atoms with Crippen molar-refractivity contribution in [3.63, 3.8) is 0 Å². The van der Waals surface area contributed by atoms with Gasteiger partial charge in [-0.25, -0.2) is 0 Å². The van der Waals surface area contributed by atoms with Crippen LogP contribution in [0.3, 0.4) is 0 Å². The van der Waals surface area contributed by atoms with E-state index < -0.39 is 0 Å². The molecule has 1 aliphatic rings. The summed E-state index contributed by atoms with van der Waals surface area (Å²) in [5, 5.41) is 0.902. The van der Waals surface area contributed by atoms with Crippen molar-refractivity contribution in [1.82, 2.24) is 4.90 Å². The van der Waals surface area contributed by atoms with Gasteiger partial charge in [-0.1, -0.05) is 17.7 Å². The van der Waals surface area contributed by atoms with E-state index in [4.69, 9.17) is 11.6 Å². The van der Waals surface area contributed by atoms with Crippen LogP contribution >= 0.6 is 34.2 Å². The minimum absolute atomic E-state index is 0.902. The maximum atomic E-state index is 6.12. The van der Waals surface area contributed by atoms with Crippen molar-refractivity contribution in [3.05, 3.63) is 32.4 Å². The minimum Gasteiger partial charge on any atom is -0.299 e. The second-order valence-electron chi connectivity index (χ2n) is 3.37. The normalized spacial score (nSPS) is 17.1. The lowest BCUT2D eigenvalue weighted by atomic mass is 10.1. The molecule has 1 aliphatic heterocycles. The number of nitrogens with zero attached hydrogens (tertiary/aromatic N) is 1. The van der Waals surface area contributed by atoms with Crippen LogP contribution in [0.4, 0.5) is 0 Å². The van der Waals surface area contributed by atoms with Crippen LogP contribution in [0.25, 0.3) is 0 Å². The molecule has 0 N–H and O–H groups in total. The summed E-state index contributed by atoms with van der Waals surface area (Å²) in [5.41, 5.74) is 1.25. The summed E-state index contributed by atoms with van der Waals surface area (Å²) in [6.45, 7) is 3.46. The summed E-state index contributed by atoms with van der Waals surface area (Å²) in [7, 11) is 0. The third-order valence-corrected chi connectivity index (χ3v) is 3.38. The van der Waals surface area contributed by atoms with Crippen LogP contribution in [-0.4, -0.2) is 18.0 Å². The van der Waals surface area contributed by atoms with Crippen molar-refractivity contribution in [1.29, 1.82) is 0 Å². The molecule has 0 atom stereocenters. The van der Waals surface area contributed by atoms with Gasteiger partial charge in [-0.15, -0.1) is 0 Å². The van der Waals surface area contributed by atoms with Gasteiger partial charge in [0.1, 0.15) is 0 Å². The molecule has 0 spiro atoms. The molecule has 13 heavy (non-hydrogen) atoms. The molecule has 3 heteroatoms. The molecule has 1 nitrogen and oxygen atoms in total. The van der Waals surface area contributed by atoms with Gasteiger partial charge in [-0.05, 0) is 59.8 Å². The number of hydrogen-bond donors (Lipinski definition) is 0. The zero-order chi connectivity index (χ0) is 9.26. The third-order valence-electron chi connectivity index (χ3n) is 2.36. The Bertz CT molecular complexity index is 310. The summed E-state index contributed by atoms with van der Waals surface area (Å²) < 4.78 is 1.20. The lowest BCUT2D eigenvalue weighted by Crippen LogP contribution is -2.36. The standard InChI is InChI=1S/C10H11ClIN/c11-10-6-9(12)3-2-8(10)7-13-4-1-5-13/h2-3,6H,1,4-5,7H2. The highest BCUT2D eigenvalue weighted by Gasteiger charge is 2.14. The van der Waals surface area contributed by atoms with Gasteiger partial charge in [-0.2, -0.15) is 0 Å². The molecule has 0 bridgehead atoms. The van der Waals surface area contributed by atoms with Crippen molar-refractivity contribution in [2.75, 3.05) is 13.1 Å². The maximum Gasteiger partial charge on any atom is 0.0461 e. The predicted molar refractivity (Wildman–Crippen MR) is 64.1 cm³/mol. The van der Waals surface area contributed by atoms with E-state index >= 15 is 0 Å². The molecular weight excluding hydrogens is 296 g/mol. The average Bonchev–Trinajstić information content (AvgIpc) is 1.99. The maximum absolute atomic E-state index is 6.12. The monoisotopic (exact) mass is 307 g/mol. The second kappa shape index (κ2) is 4.15. The van der Waals surface area contributed by atoms with E-state index in [1.807, 2.05) is 6.07 Å². The fourth-order valence-electron chi connectivity index (χ4n) is 1.43. The van der Waals surface area contributed by atoms with E-state index in [1.165, 1.54) is 28.6 Å². The van der Waals surface area contributed by atoms with Gasteiger partial charge < -0.3 is 0 Å². The zero-order valence-electron chi connectivity index (χ0n) is 7.26. The van der Waals surface area contributed by atoms with Crippen LogP contribution in [0.15, 0.2) is 18.2 Å². The Kier molecular flexibility index (Phi) is 3.11. The number of benzene rings is 1. The Balaban J connectivity index is 2.10. The molecule has 0 unspecified atom stereocenters. The minimum atomic E-state index is 0.902. The number of rotatable bonds is 2. The lowest BCUT2D eigenvalue weighted by molar-refractivity contribution is 0.172. The van der Waals surface area contributed by atoms with Crippen molar-refractivity contribution >= 4 is 34.2 Å². The molecular formula is C10H11ClIN. The molecule has 0 aromatic heterocycles. The Labute approximate surface area is 97.2 Å². The van der Waals surface area contributed by atoms with Crippen LogP contribution in [0, 0.1) is 3.57 Å². The first-order valence-electron chi connectivity index (χ1n) is 4.42. The van der Waals surface area contributed by atoms with Crippen molar-refractivity contribution < 1.29 is 0 Å². The Morgan fingerprint density at radius 3 is 2.69 bits per heavy atom. The van der Waals surface area contributed by atoms with Crippen molar-refractivity contribution in [2.24, 2.45) is 0 Å². The molecule has 0 radical (unpaired) electrons. The topological polar surface area (TPSA) is 3.24 Å². The summed E-state index contributed by atoms with van der Waals surface area (Å²) in [6.07, 6.45) is 1.34. The van der Waals surface area contributed by atoms with Crippen LogP contribution in [0.5, 0.6) is 0 Å². The first-order valence-corrected chi connectivity index (χ1v) is 5.87. The van der Waals surface area contributed by atoms with E-state index in [9.17, 15) is 0 Å². The van der Waals surface area contributed by atoms with Gasteiger partial charge in [0, 0.05) is 15.1 Å². The highest BCUT2D eigenvalue weighted by molar-refractivity contribution is 14.1. The summed E-state index contributed by atoms with van der Waals surface area (Å²) in [4.78, 5) is 2.41. The first kappa shape index (κ1) is 9.74. The van der Waals surface area contributed by atoms with Gasteiger partial charge in [0.25, 0.3) is 0 Å². The smallest absolute Gasteiger partial charge is 0.0461 e. The molecule has 70 valence electrons. The van der Waals surface area contributed by atoms with E-state index in [0.717, 1.165) is 11.6 Å². The van der Waals surface area contributed by atoms with E-state index in [-0.39, 0.29) is 0 Å². The van der Waals surface area contributed by atoms with Gasteiger partial charge >= 0.3 is 0 Å². The average molecular weight is 308 g/mol. The molecule has 0 amide bonds. The lowest BCUT2D eigenvalue weighted by Gasteiger charge is -2.30. The molecule has 1 aromatic carbocycles. The number of hydrogen-bond acceptors (Lipinski definition) is 1. The molecule has 1 saturated heterocycles. The van der Waals surface area contributed by atoms with E-state index in [1.54, 1.807) is 0 Å². The van der Waals surface area contributed by atoms with Crippen molar-refractivity contribution in [3.8, 4) is 0 Å². The SMILES string of the molecule is Clc1cc(I)ccc1CN1CCC1. The largest absolute Gasteiger partial charge is 0.299 e. The van der Waals surface area contributed by atoms with Crippen LogP contribution < -0.4 is 0 Å². The summed E-state index contributed by atoms with van der Waals surface area (Å²) in [5.74, 6) is 0. The van der Waals surface area contributed by atoms with E-state index in [0.29, 0.717) is 0 Å². The van der Waals surface area contributed by atoms with Gasteiger partial charge in [0.2, 0.25) is 0 Å². The van der Waals surface area contributed by atoms with Crippen LogP contribution in [0.1, 0.15) is 12.0 Å². The third kappa shape index (κ3) is 2.36. The van der Waals surface area contributed by atoms with Gasteiger partial charge in [0.15, 0.2) is 0 Å². The van der Waals surface area contributed by atoms with E-state index in [2.05, 4.69) is 39.6 Å². The Hall–Kier alpha value is 0.200. The van der Waals surface area contributed by atoms with Crippen LogP contribution in [-0.2, 0) is 6.54 Å². The Morgan fingerprint density at radius 2 is 2.15 bits per heavy atom. The highest BCUT2D eigenvalue weighted by Crippen LogP contribution is 2.22. The second-order valence-corrected chi connectivity index (χ2v) is 5.02. The van der Waals surface area contributed by atoms with Crippen molar-refractivity contribution in [2.45, 2.75) is 13.0 Å². The molecule has 1 aromatic rings. The fraction of sp³-hybridized carbons (Fsp3) is 0.400. The van der Waals surface area contributed by atoms with Gasteiger partial charge in [0.05, 0.1) is 0 Å². The first-order chi connectivity index (χ1) is 6.25.